The summed E-state index contributed by atoms with van der Waals surface area (Å²) in [4.78, 5) is 39.2. The van der Waals surface area contributed by atoms with Crippen LogP contribution >= 0.6 is 0 Å². The molecule has 2 aromatic carbocycles. The van der Waals surface area contributed by atoms with Gasteiger partial charge in [-0.3, -0.25) is 19.3 Å². The lowest BCUT2D eigenvalue weighted by atomic mass is 9.99. The third-order valence-corrected chi connectivity index (χ3v) is 5.65. The van der Waals surface area contributed by atoms with E-state index in [9.17, 15) is 14.4 Å². The summed E-state index contributed by atoms with van der Waals surface area (Å²) in [5.41, 5.74) is 2.17. The van der Waals surface area contributed by atoms with E-state index in [1.807, 2.05) is 30.3 Å². The van der Waals surface area contributed by atoms with Crippen molar-refractivity contribution in [3.63, 3.8) is 0 Å². The van der Waals surface area contributed by atoms with Gasteiger partial charge in [-0.15, -0.1) is 0 Å². The molecule has 0 saturated carbocycles. The highest BCUT2D eigenvalue weighted by Gasteiger charge is 2.35. The first-order chi connectivity index (χ1) is 14.1. The molecule has 1 saturated heterocycles. The topological polar surface area (TPSA) is 78.5 Å². The third-order valence-electron chi connectivity index (χ3n) is 5.65. The van der Waals surface area contributed by atoms with Crippen molar-refractivity contribution in [1.29, 1.82) is 0 Å². The number of imide groups is 1. The molecule has 0 spiro atoms. The Labute approximate surface area is 170 Å². The van der Waals surface area contributed by atoms with Crippen LogP contribution in [0, 0.1) is 5.92 Å². The Morgan fingerprint density at radius 2 is 1.86 bits per heavy atom. The lowest BCUT2D eigenvalue weighted by molar-refractivity contribution is 0.0656. The Morgan fingerprint density at radius 3 is 2.62 bits per heavy atom. The van der Waals surface area contributed by atoms with Crippen LogP contribution in [0.25, 0.3) is 0 Å². The van der Waals surface area contributed by atoms with Crippen molar-refractivity contribution in [2.24, 2.45) is 5.92 Å². The molecule has 2 aliphatic rings. The van der Waals surface area contributed by atoms with Gasteiger partial charge in [0, 0.05) is 18.7 Å². The number of hydrogen-bond acceptors (Lipinski definition) is 4. The Kier molecular flexibility index (Phi) is 5.71. The summed E-state index contributed by atoms with van der Waals surface area (Å²) in [7, 11) is 0. The number of fused-ring (bicyclic) bond motifs is 1. The lowest BCUT2D eigenvalue weighted by Gasteiger charge is -2.22. The van der Waals surface area contributed by atoms with Crippen LogP contribution in [-0.4, -0.2) is 48.8 Å². The zero-order valence-corrected chi connectivity index (χ0v) is 16.3. The van der Waals surface area contributed by atoms with Gasteiger partial charge in [0.2, 0.25) is 0 Å². The summed E-state index contributed by atoms with van der Waals surface area (Å²) in [6.45, 7) is 2.88. The predicted molar refractivity (Wildman–Crippen MR) is 110 cm³/mol. The maximum atomic E-state index is 12.8. The number of piperidine rings is 1. The normalized spacial score (nSPS) is 18.6. The summed E-state index contributed by atoms with van der Waals surface area (Å²) < 4.78 is 0. The van der Waals surface area contributed by atoms with E-state index in [0.29, 0.717) is 42.1 Å². The Morgan fingerprint density at radius 1 is 1.07 bits per heavy atom. The summed E-state index contributed by atoms with van der Waals surface area (Å²) in [5, 5.41) is 6.29. The summed E-state index contributed by atoms with van der Waals surface area (Å²) in [6, 6.07) is 14.5. The van der Waals surface area contributed by atoms with E-state index in [1.54, 1.807) is 18.2 Å². The lowest BCUT2D eigenvalue weighted by Crippen LogP contribution is -2.38. The van der Waals surface area contributed by atoms with Gasteiger partial charge < -0.3 is 10.6 Å². The molecule has 3 amide bonds. The van der Waals surface area contributed by atoms with Gasteiger partial charge in [0.15, 0.2) is 0 Å². The molecular weight excluding hydrogens is 366 g/mol. The zero-order valence-electron chi connectivity index (χ0n) is 16.3. The maximum absolute atomic E-state index is 12.8. The number of carbonyl (C=O) groups excluding carboxylic acids is 3. The van der Waals surface area contributed by atoms with Crippen molar-refractivity contribution >= 4 is 17.7 Å². The molecular formula is C23H25N3O3. The predicted octanol–water partition coefficient (Wildman–Crippen LogP) is 2.25. The van der Waals surface area contributed by atoms with Crippen molar-refractivity contribution in [3.8, 4) is 0 Å². The van der Waals surface area contributed by atoms with Crippen LogP contribution in [0.5, 0.6) is 0 Å². The van der Waals surface area contributed by atoms with Crippen molar-refractivity contribution in [1.82, 2.24) is 15.5 Å². The van der Waals surface area contributed by atoms with Crippen molar-refractivity contribution in [3.05, 3.63) is 70.8 Å². The summed E-state index contributed by atoms with van der Waals surface area (Å²) in [6.07, 6.45) is 2.82. The highest BCUT2D eigenvalue weighted by atomic mass is 16.2. The fourth-order valence-electron chi connectivity index (χ4n) is 3.96. The Bertz CT molecular complexity index is 920. The van der Waals surface area contributed by atoms with Crippen LogP contribution in [0.15, 0.2) is 48.5 Å². The molecule has 1 atom stereocenters. The highest BCUT2D eigenvalue weighted by Crippen LogP contribution is 2.24. The van der Waals surface area contributed by atoms with Crippen molar-refractivity contribution in [2.75, 3.05) is 26.2 Å². The molecule has 2 N–H and O–H groups in total. The van der Waals surface area contributed by atoms with E-state index in [4.69, 9.17) is 0 Å². The first-order valence-electron chi connectivity index (χ1n) is 10.2. The van der Waals surface area contributed by atoms with Crippen LogP contribution in [-0.2, 0) is 6.42 Å². The number of amides is 3. The average Bonchev–Trinajstić information content (AvgIpc) is 3.01. The molecule has 2 aromatic rings. The molecule has 0 aliphatic carbocycles. The van der Waals surface area contributed by atoms with Gasteiger partial charge >= 0.3 is 0 Å². The molecule has 0 bridgehead atoms. The van der Waals surface area contributed by atoms with Crippen LogP contribution in [0.2, 0.25) is 0 Å². The summed E-state index contributed by atoms with van der Waals surface area (Å²) in [5.74, 6) is -0.395. The second-order valence-corrected chi connectivity index (χ2v) is 7.68. The van der Waals surface area contributed by atoms with Gasteiger partial charge in [-0.1, -0.05) is 30.3 Å². The van der Waals surface area contributed by atoms with Gasteiger partial charge in [-0.05, 0) is 62.0 Å². The first kappa shape index (κ1) is 19.3. The number of nitrogens with zero attached hydrogens (tertiary/aromatic N) is 1. The quantitative estimate of drug-likeness (QED) is 0.741. The largest absolute Gasteiger partial charge is 0.352 e. The SMILES string of the molecule is O=C(NCC1CCCNC1)c1ccc2c(c1)C(=O)N(CCc1ccccc1)C2=O. The van der Waals surface area contributed by atoms with Gasteiger partial charge in [0.1, 0.15) is 0 Å². The smallest absolute Gasteiger partial charge is 0.261 e. The monoisotopic (exact) mass is 391 g/mol. The first-order valence-corrected chi connectivity index (χ1v) is 10.2. The number of benzene rings is 2. The van der Waals surface area contributed by atoms with Crippen molar-refractivity contribution < 1.29 is 14.4 Å². The van der Waals surface area contributed by atoms with Gasteiger partial charge in [0.25, 0.3) is 17.7 Å². The Hall–Kier alpha value is -2.99. The minimum absolute atomic E-state index is 0.207. The van der Waals surface area contributed by atoms with Gasteiger partial charge in [-0.25, -0.2) is 0 Å². The molecule has 0 radical (unpaired) electrons. The molecule has 1 unspecified atom stereocenters. The molecule has 150 valence electrons. The minimum atomic E-state index is -0.327. The molecule has 29 heavy (non-hydrogen) atoms. The van der Waals surface area contributed by atoms with E-state index in [-0.39, 0.29) is 17.7 Å². The number of rotatable bonds is 6. The minimum Gasteiger partial charge on any atom is -0.352 e. The van der Waals surface area contributed by atoms with Crippen LogP contribution in [0.3, 0.4) is 0 Å². The second kappa shape index (κ2) is 8.57. The highest BCUT2D eigenvalue weighted by molar-refractivity contribution is 6.22. The van der Waals surface area contributed by atoms with E-state index < -0.39 is 0 Å². The number of nitrogens with one attached hydrogen (secondary N) is 2. The molecule has 2 aliphatic heterocycles. The van der Waals surface area contributed by atoms with E-state index >= 15 is 0 Å². The average molecular weight is 391 g/mol. The number of carbonyl (C=O) groups is 3. The van der Waals surface area contributed by atoms with Crippen LogP contribution in [0.1, 0.15) is 49.5 Å². The standard InChI is InChI=1S/C23H25N3O3/c27-21(25-15-17-7-4-11-24-14-17)18-8-9-19-20(13-18)23(29)26(22(19)28)12-10-16-5-2-1-3-6-16/h1-3,5-6,8-9,13,17,24H,4,7,10-12,14-15H2,(H,25,27). The zero-order chi connectivity index (χ0) is 20.2. The molecule has 2 heterocycles. The second-order valence-electron chi connectivity index (χ2n) is 7.68. The molecule has 0 aromatic heterocycles. The third kappa shape index (κ3) is 4.22. The van der Waals surface area contributed by atoms with E-state index in [0.717, 1.165) is 31.5 Å². The van der Waals surface area contributed by atoms with Gasteiger partial charge in [-0.2, -0.15) is 0 Å². The maximum Gasteiger partial charge on any atom is 0.261 e. The molecule has 1 fully saturated rings. The van der Waals surface area contributed by atoms with E-state index in [1.165, 1.54) is 4.90 Å². The Balaban J connectivity index is 1.41. The fourth-order valence-corrected chi connectivity index (χ4v) is 3.96. The molecule has 6 heteroatoms. The van der Waals surface area contributed by atoms with Crippen molar-refractivity contribution in [2.45, 2.75) is 19.3 Å². The van der Waals surface area contributed by atoms with E-state index in [2.05, 4.69) is 10.6 Å². The van der Waals surface area contributed by atoms with Gasteiger partial charge in [0.05, 0.1) is 11.1 Å². The summed E-state index contributed by atoms with van der Waals surface area (Å²) >= 11 is 0. The fraction of sp³-hybridized carbons (Fsp3) is 0.348. The molecule has 4 rings (SSSR count). The van der Waals surface area contributed by atoms with Crippen LogP contribution in [0.4, 0.5) is 0 Å². The molecule has 6 nitrogen and oxygen atoms in total. The van der Waals surface area contributed by atoms with Crippen LogP contribution < -0.4 is 10.6 Å². The number of hydrogen-bond donors (Lipinski definition) is 2.